The van der Waals surface area contributed by atoms with Gasteiger partial charge in [0.25, 0.3) is 0 Å². The van der Waals surface area contributed by atoms with Crippen LogP contribution in [0.3, 0.4) is 0 Å². The maximum atomic E-state index is 5.98. The van der Waals surface area contributed by atoms with Gasteiger partial charge in [-0.1, -0.05) is 62.2 Å². The van der Waals surface area contributed by atoms with Crippen molar-refractivity contribution in [3.8, 4) is 0 Å². The molecule has 0 atom stereocenters. The molecule has 0 bridgehead atoms. The number of allylic oxidation sites excluding steroid dienone is 4. The molecule has 3 rings (SSSR count). The van der Waals surface area contributed by atoms with Crippen LogP contribution in [-0.2, 0) is 19.5 Å². The van der Waals surface area contributed by atoms with Gasteiger partial charge < -0.3 is 16.4 Å². The minimum absolute atomic E-state index is 0.631. The average molecular weight is 480 g/mol. The normalized spacial score (nSPS) is 13.9. The summed E-state index contributed by atoms with van der Waals surface area (Å²) in [6.45, 7) is 21.4. The van der Waals surface area contributed by atoms with Gasteiger partial charge in [-0.2, -0.15) is 0 Å². The summed E-state index contributed by atoms with van der Waals surface area (Å²) in [6, 6.07) is 14.7. The summed E-state index contributed by atoms with van der Waals surface area (Å²) in [4.78, 5) is 9.37. The molecule has 0 amide bonds. The lowest BCUT2D eigenvalue weighted by Crippen LogP contribution is -2.20. The van der Waals surface area contributed by atoms with Gasteiger partial charge in [-0.25, -0.2) is 4.99 Å². The minimum atomic E-state index is 0.631. The minimum Gasteiger partial charge on any atom is -0.401 e. The highest BCUT2D eigenvalue weighted by Crippen LogP contribution is 2.27. The molecule has 186 valence electrons. The van der Waals surface area contributed by atoms with Crippen LogP contribution < -0.4 is 16.4 Å². The second kappa shape index (κ2) is 12.0. The molecule has 0 saturated heterocycles. The first kappa shape index (κ1) is 26.5. The zero-order valence-corrected chi connectivity index (χ0v) is 21.9. The molecule has 1 aliphatic heterocycles. The first-order valence-corrected chi connectivity index (χ1v) is 12.1. The van der Waals surface area contributed by atoms with E-state index in [0.29, 0.717) is 30.2 Å². The number of hydrogen-bond donors (Lipinski definition) is 3. The Morgan fingerprint density at radius 3 is 2.31 bits per heavy atom. The van der Waals surface area contributed by atoms with E-state index in [1.54, 1.807) is 0 Å². The van der Waals surface area contributed by atoms with Crippen molar-refractivity contribution in [2.75, 3.05) is 0 Å². The van der Waals surface area contributed by atoms with Gasteiger partial charge in [0.05, 0.1) is 22.8 Å². The third-order valence-corrected chi connectivity index (χ3v) is 6.13. The van der Waals surface area contributed by atoms with Gasteiger partial charge in [0.1, 0.15) is 0 Å². The standard InChI is InChI=1S/C31H37N5/c1-8-26-9-11-27(12-10-26)18-34-25(7)30(36-24(6)22(4)32)15-20(2)23(5)33-19-28-13-14-29-16-21(3)35-31(29)17-28/h8-15,17,33-34H,1,5,7,16,18-19,32H2,2-4,6H3/b20-15+,24-22-,36-30-. The Hall–Kier alpha value is -4.12. The lowest BCUT2D eigenvalue weighted by Gasteiger charge is -2.14. The average Bonchev–Trinajstić information content (AvgIpc) is 3.24. The van der Waals surface area contributed by atoms with Crippen molar-refractivity contribution in [2.45, 2.75) is 47.2 Å². The quantitative estimate of drug-likeness (QED) is 0.255. The van der Waals surface area contributed by atoms with E-state index in [1.165, 1.54) is 11.1 Å². The van der Waals surface area contributed by atoms with Crippen LogP contribution in [0.25, 0.3) is 6.08 Å². The van der Waals surface area contributed by atoms with Crippen LogP contribution >= 0.6 is 0 Å². The van der Waals surface area contributed by atoms with Crippen LogP contribution in [0.1, 0.15) is 49.9 Å². The number of rotatable bonds is 11. The fraction of sp³-hybridized carbons (Fsp3) is 0.226. The summed E-state index contributed by atoms with van der Waals surface area (Å²) >= 11 is 0. The summed E-state index contributed by atoms with van der Waals surface area (Å²) in [7, 11) is 0. The molecule has 36 heavy (non-hydrogen) atoms. The molecule has 2 aromatic carbocycles. The van der Waals surface area contributed by atoms with Gasteiger partial charge in [0, 0.05) is 36.6 Å². The van der Waals surface area contributed by atoms with E-state index in [9.17, 15) is 0 Å². The third kappa shape index (κ3) is 7.19. The van der Waals surface area contributed by atoms with E-state index in [0.717, 1.165) is 45.9 Å². The number of hydrogen-bond acceptors (Lipinski definition) is 5. The third-order valence-electron chi connectivity index (χ3n) is 6.13. The zero-order chi connectivity index (χ0) is 26.2. The van der Waals surface area contributed by atoms with E-state index in [-0.39, 0.29) is 0 Å². The highest BCUT2D eigenvalue weighted by atomic mass is 14.9. The number of aliphatic imine (C=N–C) groups is 2. The van der Waals surface area contributed by atoms with E-state index in [2.05, 4.69) is 72.6 Å². The van der Waals surface area contributed by atoms with Gasteiger partial charge in [-0.3, -0.25) is 4.99 Å². The molecule has 4 N–H and O–H groups in total. The molecule has 0 saturated carbocycles. The van der Waals surface area contributed by atoms with Crippen molar-refractivity contribution >= 4 is 23.2 Å². The van der Waals surface area contributed by atoms with Gasteiger partial charge in [0.2, 0.25) is 0 Å². The number of fused-ring (bicyclic) bond motifs is 1. The highest BCUT2D eigenvalue weighted by molar-refractivity contribution is 6.08. The first-order chi connectivity index (χ1) is 17.2. The van der Waals surface area contributed by atoms with E-state index in [1.807, 2.05) is 45.1 Å². The first-order valence-electron chi connectivity index (χ1n) is 12.1. The molecule has 1 aliphatic rings. The van der Waals surface area contributed by atoms with Crippen LogP contribution in [0.2, 0.25) is 0 Å². The molecule has 2 aromatic rings. The lowest BCUT2D eigenvalue weighted by atomic mass is 10.1. The van der Waals surface area contributed by atoms with Crippen molar-refractivity contribution in [2.24, 2.45) is 15.7 Å². The van der Waals surface area contributed by atoms with Crippen LogP contribution in [0.15, 0.2) is 107 Å². The molecule has 1 heterocycles. The summed E-state index contributed by atoms with van der Waals surface area (Å²) in [5, 5.41) is 6.82. The fourth-order valence-corrected chi connectivity index (χ4v) is 3.66. The van der Waals surface area contributed by atoms with Crippen LogP contribution in [0, 0.1) is 0 Å². The second-order valence-electron chi connectivity index (χ2n) is 9.19. The maximum absolute atomic E-state index is 5.98. The van der Waals surface area contributed by atoms with E-state index >= 15 is 0 Å². The highest BCUT2D eigenvalue weighted by Gasteiger charge is 2.12. The largest absolute Gasteiger partial charge is 0.401 e. The van der Waals surface area contributed by atoms with Crippen LogP contribution in [-0.4, -0.2) is 11.4 Å². The molecular weight excluding hydrogens is 442 g/mol. The molecule has 0 radical (unpaired) electrons. The van der Waals surface area contributed by atoms with Crippen molar-refractivity contribution in [1.29, 1.82) is 0 Å². The Morgan fingerprint density at radius 1 is 1.00 bits per heavy atom. The molecule has 0 fully saturated rings. The maximum Gasteiger partial charge on any atom is 0.0862 e. The predicted molar refractivity (Wildman–Crippen MR) is 155 cm³/mol. The Bertz CT molecular complexity index is 1280. The van der Waals surface area contributed by atoms with Crippen molar-refractivity contribution in [3.63, 3.8) is 0 Å². The molecule has 0 spiro atoms. The van der Waals surface area contributed by atoms with Gasteiger partial charge in [-0.15, -0.1) is 0 Å². The summed E-state index contributed by atoms with van der Waals surface area (Å²) < 4.78 is 0. The van der Waals surface area contributed by atoms with Crippen LogP contribution in [0.4, 0.5) is 5.69 Å². The Balaban J connectivity index is 1.70. The predicted octanol–water partition coefficient (Wildman–Crippen LogP) is 6.48. The smallest absolute Gasteiger partial charge is 0.0862 e. The summed E-state index contributed by atoms with van der Waals surface area (Å²) in [5.41, 5.74) is 17.5. The molecule has 0 aliphatic carbocycles. The Kier molecular flexibility index (Phi) is 8.85. The number of nitrogens with two attached hydrogens (primary N) is 1. The van der Waals surface area contributed by atoms with E-state index in [4.69, 9.17) is 10.7 Å². The topological polar surface area (TPSA) is 74.8 Å². The number of benzene rings is 2. The van der Waals surface area contributed by atoms with Crippen molar-refractivity contribution < 1.29 is 0 Å². The Labute approximate surface area is 215 Å². The van der Waals surface area contributed by atoms with Gasteiger partial charge >= 0.3 is 0 Å². The fourth-order valence-electron chi connectivity index (χ4n) is 3.66. The zero-order valence-electron chi connectivity index (χ0n) is 21.9. The molecule has 0 aromatic heterocycles. The van der Waals surface area contributed by atoms with Crippen molar-refractivity contribution in [3.05, 3.63) is 119 Å². The van der Waals surface area contributed by atoms with Crippen LogP contribution in [0.5, 0.6) is 0 Å². The number of nitrogens with one attached hydrogen (secondary N) is 2. The van der Waals surface area contributed by atoms with E-state index < -0.39 is 0 Å². The van der Waals surface area contributed by atoms with Crippen molar-refractivity contribution in [1.82, 2.24) is 10.6 Å². The SMILES string of the molecule is C=Cc1ccc(CNC(=C)C(/C=C(\C)C(=C)NCc2ccc3c(c2)N=C(C)C3)=N\C(C)=C(\C)N)cc1. The summed E-state index contributed by atoms with van der Waals surface area (Å²) in [6.07, 6.45) is 4.75. The Morgan fingerprint density at radius 2 is 1.64 bits per heavy atom. The monoisotopic (exact) mass is 479 g/mol. The number of nitrogens with zero attached hydrogens (tertiary/aromatic N) is 2. The van der Waals surface area contributed by atoms with Gasteiger partial charge in [-0.05, 0) is 67.7 Å². The second-order valence-corrected chi connectivity index (χ2v) is 9.19. The molecule has 5 heteroatoms. The lowest BCUT2D eigenvalue weighted by molar-refractivity contribution is 0.822. The molecular formula is C31H37N5. The molecule has 5 nitrogen and oxygen atoms in total. The molecule has 0 unspecified atom stereocenters. The van der Waals surface area contributed by atoms with Gasteiger partial charge in [0.15, 0.2) is 0 Å². The summed E-state index contributed by atoms with van der Waals surface area (Å²) in [5.74, 6) is 0.